The predicted molar refractivity (Wildman–Crippen MR) is 78.8 cm³/mol. The number of anilines is 1. The second-order valence-electron chi connectivity index (χ2n) is 4.03. The van der Waals surface area contributed by atoms with Gasteiger partial charge in [-0.3, -0.25) is 4.79 Å². The first-order chi connectivity index (χ1) is 10.2. The summed E-state index contributed by atoms with van der Waals surface area (Å²) in [5.41, 5.74) is 0.781. The van der Waals surface area contributed by atoms with Crippen molar-refractivity contribution >= 4 is 23.2 Å². The third kappa shape index (κ3) is 4.70. The summed E-state index contributed by atoms with van der Waals surface area (Å²) in [5.74, 6) is 0.110. The summed E-state index contributed by atoms with van der Waals surface area (Å²) in [5, 5.41) is 2.94. The van der Waals surface area contributed by atoms with Crippen molar-refractivity contribution in [3.8, 4) is 5.88 Å². The first-order valence-electron chi connectivity index (χ1n) is 6.21. The Labute approximate surface area is 127 Å². The minimum atomic E-state index is -0.354. The van der Waals surface area contributed by atoms with Crippen LogP contribution < -0.4 is 10.1 Å². The summed E-state index contributed by atoms with van der Waals surface area (Å²) < 4.78 is 10.2. The Balaban J connectivity index is 1.95. The van der Waals surface area contributed by atoms with Crippen LogP contribution in [-0.4, -0.2) is 36.2 Å². The second-order valence-corrected chi connectivity index (χ2v) is 4.41. The number of halogens is 1. The molecule has 0 atom stereocenters. The van der Waals surface area contributed by atoms with Gasteiger partial charge in [0.15, 0.2) is 0 Å². The van der Waals surface area contributed by atoms with E-state index in [0.717, 1.165) is 0 Å². The number of hydrogen-bond acceptors (Lipinski definition) is 5. The molecule has 0 saturated carbocycles. The molecule has 0 saturated heterocycles. The smallest absolute Gasteiger partial charge is 0.274 e. The van der Waals surface area contributed by atoms with Crippen LogP contribution in [-0.2, 0) is 4.74 Å². The number of nitrogens with zero attached hydrogens (tertiary/aromatic N) is 2. The quantitative estimate of drug-likeness (QED) is 0.655. The van der Waals surface area contributed by atoms with E-state index in [0.29, 0.717) is 24.8 Å². The molecule has 2 rings (SSSR count). The zero-order valence-corrected chi connectivity index (χ0v) is 12.1. The molecule has 1 N–H and O–H groups in total. The summed E-state index contributed by atoms with van der Waals surface area (Å²) in [4.78, 5) is 20.0. The van der Waals surface area contributed by atoms with Crippen molar-refractivity contribution in [3.05, 3.63) is 47.4 Å². The number of carbonyl (C=O) groups excluding carboxylic acids is 1. The van der Waals surface area contributed by atoms with Gasteiger partial charge in [0.25, 0.3) is 5.91 Å². The monoisotopic (exact) mass is 307 g/mol. The molecule has 110 valence electrons. The molecule has 0 spiro atoms. The van der Waals surface area contributed by atoms with Crippen molar-refractivity contribution in [2.24, 2.45) is 0 Å². The highest BCUT2D eigenvalue weighted by Gasteiger charge is 2.08. The van der Waals surface area contributed by atoms with Crippen LogP contribution in [0.1, 0.15) is 10.5 Å². The lowest BCUT2D eigenvalue weighted by Gasteiger charge is -2.07. The number of hydrogen-bond donors (Lipinski definition) is 1. The molecule has 2 heterocycles. The van der Waals surface area contributed by atoms with Gasteiger partial charge in [0.05, 0.1) is 18.5 Å². The fraction of sp³-hybridized carbons (Fsp3) is 0.214. The summed E-state index contributed by atoms with van der Waals surface area (Å²) in [6.45, 7) is 0.905. The first kappa shape index (κ1) is 15.2. The molecule has 2 aromatic rings. The van der Waals surface area contributed by atoms with Gasteiger partial charge in [-0.15, -0.1) is 0 Å². The Morgan fingerprint density at radius 1 is 1.29 bits per heavy atom. The Hall–Kier alpha value is -2.18. The lowest BCUT2D eigenvalue weighted by Crippen LogP contribution is -2.13. The Bertz CT molecular complexity index is 605. The van der Waals surface area contributed by atoms with Crippen molar-refractivity contribution in [1.29, 1.82) is 0 Å². The van der Waals surface area contributed by atoms with Crippen molar-refractivity contribution in [1.82, 2.24) is 9.97 Å². The molecular weight excluding hydrogens is 294 g/mol. The lowest BCUT2D eigenvalue weighted by atomic mass is 10.3. The van der Waals surface area contributed by atoms with E-state index >= 15 is 0 Å². The highest BCUT2D eigenvalue weighted by atomic mass is 35.5. The summed E-state index contributed by atoms with van der Waals surface area (Å²) in [6, 6.07) is 8.20. The highest BCUT2D eigenvalue weighted by molar-refractivity contribution is 6.29. The maximum atomic E-state index is 12.0. The van der Waals surface area contributed by atoms with Gasteiger partial charge >= 0.3 is 0 Å². The van der Waals surface area contributed by atoms with Crippen LogP contribution in [0.15, 0.2) is 36.5 Å². The molecule has 2 aromatic heterocycles. The van der Waals surface area contributed by atoms with E-state index in [9.17, 15) is 4.79 Å². The lowest BCUT2D eigenvalue weighted by molar-refractivity contribution is 0.102. The molecule has 0 aliphatic carbocycles. The van der Waals surface area contributed by atoms with Crippen molar-refractivity contribution in [2.45, 2.75) is 0 Å². The molecule has 0 aromatic carbocycles. The molecule has 0 radical (unpaired) electrons. The zero-order chi connectivity index (χ0) is 15.1. The minimum absolute atomic E-state index is 0.239. The summed E-state index contributed by atoms with van der Waals surface area (Å²) in [7, 11) is 1.60. The molecule has 0 bridgehead atoms. The number of aromatic nitrogens is 2. The minimum Gasteiger partial charge on any atom is -0.475 e. The molecule has 0 aliphatic rings. The van der Waals surface area contributed by atoms with Crippen LogP contribution in [0.25, 0.3) is 0 Å². The predicted octanol–water partition coefficient (Wildman–Crippen LogP) is 2.41. The topological polar surface area (TPSA) is 73.3 Å². The highest BCUT2D eigenvalue weighted by Crippen LogP contribution is 2.13. The number of carbonyl (C=O) groups is 1. The van der Waals surface area contributed by atoms with Crippen LogP contribution in [0, 0.1) is 0 Å². The van der Waals surface area contributed by atoms with Crippen molar-refractivity contribution in [2.75, 3.05) is 25.6 Å². The number of ether oxygens (including phenoxy) is 2. The van der Waals surface area contributed by atoms with Gasteiger partial charge in [0.2, 0.25) is 5.88 Å². The Morgan fingerprint density at radius 3 is 2.81 bits per heavy atom. The zero-order valence-electron chi connectivity index (χ0n) is 11.4. The molecule has 21 heavy (non-hydrogen) atoms. The number of methoxy groups -OCH3 is 1. The van der Waals surface area contributed by atoms with E-state index in [4.69, 9.17) is 21.1 Å². The average molecular weight is 308 g/mol. The molecule has 1 amide bonds. The number of nitrogens with one attached hydrogen (secondary N) is 1. The van der Waals surface area contributed by atoms with Gasteiger partial charge in [-0.25, -0.2) is 9.97 Å². The largest absolute Gasteiger partial charge is 0.475 e. The summed E-state index contributed by atoms with van der Waals surface area (Å²) >= 11 is 5.74. The average Bonchev–Trinajstić information content (AvgIpc) is 2.49. The fourth-order valence-electron chi connectivity index (χ4n) is 1.50. The normalized spacial score (nSPS) is 10.2. The number of amides is 1. The van der Waals surface area contributed by atoms with Crippen LogP contribution in [0.5, 0.6) is 5.88 Å². The van der Waals surface area contributed by atoms with Gasteiger partial charge in [-0.1, -0.05) is 17.7 Å². The van der Waals surface area contributed by atoms with Crippen LogP contribution in [0.2, 0.25) is 5.15 Å². The van der Waals surface area contributed by atoms with Crippen LogP contribution >= 0.6 is 11.6 Å². The van der Waals surface area contributed by atoms with E-state index in [2.05, 4.69) is 15.3 Å². The SMILES string of the molecule is COCCOc1ccc(NC(=O)c2cccc(Cl)n2)cn1. The van der Waals surface area contributed by atoms with E-state index in [-0.39, 0.29) is 16.8 Å². The van der Waals surface area contributed by atoms with E-state index in [1.54, 1.807) is 37.4 Å². The Kier molecular flexibility index (Phi) is 5.48. The van der Waals surface area contributed by atoms with Gasteiger partial charge in [0.1, 0.15) is 17.5 Å². The van der Waals surface area contributed by atoms with E-state index in [1.807, 2.05) is 0 Å². The van der Waals surface area contributed by atoms with Gasteiger partial charge in [-0.2, -0.15) is 0 Å². The van der Waals surface area contributed by atoms with E-state index in [1.165, 1.54) is 6.20 Å². The van der Waals surface area contributed by atoms with Crippen LogP contribution in [0.4, 0.5) is 5.69 Å². The van der Waals surface area contributed by atoms with Crippen LogP contribution in [0.3, 0.4) is 0 Å². The fourth-order valence-corrected chi connectivity index (χ4v) is 1.66. The second kappa shape index (κ2) is 7.56. The molecule has 0 unspecified atom stereocenters. The molecule has 7 heteroatoms. The van der Waals surface area contributed by atoms with Crippen molar-refractivity contribution < 1.29 is 14.3 Å². The molecular formula is C14H14ClN3O3. The van der Waals surface area contributed by atoms with E-state index < -0.39 is 0 Å². The molecule has 6 nitrogen and oxygen atoms in total. The maximum absolute atomic E-state index is 12.0. The number of rotatable bonds is 6. The van der Waals surface area contributed by atoms with Gasteiger partial charge in [-0.05, 0) is 18.2 Å². The maximum Gasteiger partial charge on any atom is 0.274 e. The number of pyridine rings is 2. The molecule has 0 fully saturated rings. The summed E-state index contributed by atoms with van der Waals surface area (Å²) in [6.07, 6.45) is 1.50. The standard InChI is InChI=1S/C14H14ClN3O3/c1-20-7-8-21-13-6-5-10(9-16-13)17-14(19)11-3-2-4-12(15)18-11/h2-6,9H,7-8H2,1H3,(H,17,19). The third-order valence-electron chi connectivity index (χ3n) is 2.48. The third-order valence-corrected chi connectivity index (χ3v) is 2.69. The van der Waals surface area contributed by atoms with Gasteiger partial charge < -0.3 is 14.8 Å². The van der Waals surface area contributed by atoms with Gasteiger partial charge in [0, 0.05) is 13.2 Å². The van der Waals surface area contributed by atoms with Crippen molar-refractivity contribution in [3.63, 3.8) is 0 Å². The first-order valence-corrected chi connectivity index (χ1v) is 6.58. The Morgan fingerprint density at radius 2 is 2.14 bits per heavy atom. The molecule has 0 aliphatic heterocycles.